The number of hydrogen-bond acceptors (Lipinski definition) is 4. The summed E-state index contributed by atoms with van der Waals surface area (Å²) in [6.07, 6.45) is 3.75. The summed E-state index contributed by atoms with van der Waals surface area (Å²) >= 11 is 0. The van der Waals surface area contributed by atoms with Crippen molar-refractivity contribution in [1.29, 1.82) is 0 Å². The number of benzene rings is 1. The van der Waals surface area contributed by atoms with E-state index in [0.717, 1.165) is 17.7 Å². The van der Waals surface area contributed by atoms with Gasteiger partial charge in [-0.1, -0.05) is 12.1 Å². The molecule has 20 heavy (non-hydrogen) atoms. The second-order valence-electron chi connectivity index (χ2n) is 4.32. The lowest BCUT2D eigenvalue weighted by Crippen LogP contribution is -2.26. The molecular formula is C15H17N3O2. The number of nitrogens with two attached hydrogens (primary N) is 1. The second kappa shape index (κ2) is 6.56. The number of nitrogen functional groups attached to an aromatic ring is 1. The zero-order chi connectivity index (χ0) is 14.4. The van der Waals surface area contributed by atoms with Gasteiger partial charge in [-0.05, 0) is 30.2 Å². The van der Waals surface area contributed by atoms with Crippen molar-refractivity contribution in [3.63, 3.8) is 0 Å². The molecule has 104 valence electrons. The lowest BCUT2D eigenvalue weighted by molar-refractivity contribution is 0.0954. The first kappa shape index (κ1) is 13.9. The Hall–Kier alpha value is -2.56. The van der Waals surface area contributed by atoms with Crippen LogP contribution in [-0.4, -0.2) is 24.5 Å². The third-order valence-electron chi connectivity index (χ3n) is 2.93. The van der Waals surface area contributed by atoms with Crippen molar-refractivity contribution < 1.29 is 9.53 Å². The maximum atomic E-state index is 11.9. The Morgan fingerprint density at radius 2 is 2.25 bits per heavy atom. The smallest absolute Gasteiger partial charge is 0.254 e. The molecule has 0 fully saturated rings. The molecule has 2 rings (SSSR count). The highest BCUT2D eigenvalue weighted by molar-refractivity contribution is 5.98. The molecule has 2 aromatic rings. The van der Waals surface area contributed by atoms with E-state index in [2.05, 4.69) is 10.3 Å². The Morgan fingerprint density at radius 3 is 3.00 bits per heavy atom. The fraction of sp³-hybridized carbons (Fsp3) is 0.200. The van der Waals surface area contributed by atoms with Gasteiger partial charge in [-0.2, -0.15) is 0 Å². The van der Waals surface area contributed by atoms with E-state index >= 15 is 0 Å². The molecular weight excluding hydrogens is 254 g/mol. The van der Waals surface area contributed by atoms with Gasteiger partial charge >= 0.3 is 0 Å². The van der Waals surface area contributed by atoms with E-state index in [-0.39, 0.29) is 5.91 Å². The van der Waals surface area contributed by atoms with Crippen molar-refractivity contribution in [2.24, 2.45) is 0 Å². The monoisotopic (exact) mass is 271 g/mol. The van der Waals surface area contributed by atoms with Gasteiger partial charge < -0.3 is 15.8 Å². The van der Waals surface area contributed by atoms with E-state index in [1.165, 1.54) is 6.20 Å². The molecule has 1 heterocycles. The minimum Gasteiger partial charge on any atom is -0.497 e. The number of aromatic nitrogens is 1. The molecule has 1 aromatic heterocycles. The minimum atomic E-state index is -0.210. The predicted octanol–water partition coefficient (Wildman–Crippen LogP) is 1.64. The van der Waals surface area contributed by atoms with Gasteiger partial charge in [0.2, 0.25) is 0 Å². The van der Waals surface area contributed by atoms with Gasteiger partial charge in [0.15, 0.2) is 0 Å². The van der Waals surface area contributed by atoms with Gasteiger partial charge in [-0.3, -0.25) is 9.78 Å². The number of nitrogens with one attached hydrogen (secondary N) is 1. The molecule has 0 saturated heterocycles. The predicted molar refractivity (Wildman–Crippen MR) is 77.7 cm³/mol. The highest BCUT2D eigenvalue weighted by Crippen LogP contribution is 2.13. The molecule has 0 atom stereocenters. The number of pyridine rings is 1. The molecule has 0 unspecified atom stereocenters. The van der Waals surface area contributed by atoms with Gasteiger partial charge in [0.25, 0.3) is 5.91 Å². The minimum absolute atomic E-state index is 0.210. The Labute approximate surface area is 117 Å². The fourth-order valence-corrected chi connectivity index (χ4v) is 1.84. The summed E-state index contributed by atoms with van der Waals surface area (Å²) in [7, 11) is 1.63. The van der Waals surface area contributed by atoms with Crippen molar-refractivity contribution in [3.8, 4) is 5.75 Å². The molecule has 0 aliphatic carbocycles. The average molecular weight is 271 g/mol. The highest BCUT2D eigenvalue weighted by atomic mass is 16.5. The van der Waals surface area contributed by atoms with E-state index < -0.39 is 0 Å². The first-order valence-corrected chi connectivity index (χ1v) is 6.31. The summed E-state index contributed by atoms with van der Waals surface area (Å²) in [6, 6.07) is 9.36. The number of carbonyl (C=O) groups is 1. The second-order valence-corrected chi connectivity index (χ2v) is 4.32. The average Bonchev–Trinajstić information content (AvgIpc) is 2.48. The number of amides is 1. The number of nitrogens with zero attached hydrogens (tertiary/aromatic N) is 1. The summed E-state index contributed by atoms with van der Waals surface area (Å²) in [5, 5.41) is 2.83. The van der Waals surface area contributed by atoms with E-state index in [1.54, 1.807) is 19.4 Å². The molecule has 0 radical (unpaired) electrons. The van der Waals surface area contributed by atoms with Gasteiger partial charge in [0.1, 0.15) is 5.75 Å². The molecule has 1 aromatic carbocycles. The van der Waals surface area contributed by atoms with Crippen LogP contribution in [0.5, 0.6) is 5.75 Å². The van der Waals surface area contributed by atoms with Crippen molar-refractivity contribution >= 4 is 11.6 Å². The third kappa shape index (κ3) is 3.47. The molecule has 5 heteroatoms. The van der Waals surface area contributed by atoms with Crippen molar-refractivity contribution in [2.45, 2.75) is 6.42 Å². The van der Waals surface area contributed by atoms with E-state index in [9.17, 15) is 4.79 Å². The van der Waals surface area contributed by atoms with E-state index in [0.29, 0.717) is 17.8 Å². The number of hydrogen-bond donors (Lipinski definition) is 2. The Morgan fingerprint density at radius 1 is 1.40 bits per heavy atom. The molecule has 0 aliphatic rings. The van der Waals surface area contributed by atoms with Gasteiger partial charge in [0.05, 0.1) is 12.7 Å². The van der Waals surface area contributed by atoms with Gasteiger partial charge in [0, 0.05) is 24.6 Å². The topological polar surface area (TPSA) is 77.2 Å². The van der Waals surface area contributed by atoms with Crippen LogP contribution in [0.15, 0.2) is 42.7 Å². The number of anilines is 1. The maximum absolute atomic E-state index is 11.9. The van der Waals surface area contributed by atoms with Crippen LogP contribution in [0.3, 0.4) is 0 Å². The summed E-state index contributed by atoms with van der Waals surface area (Å²) in [6.45, 7) is 0.528. The standard InChI is InChI=1S/C15H17N3O2/c1-20-12-4-2-3-11(9-12)5-8-18-15(19)13-10-17-7-6-14(13)16/h2-4,6-7,9-10H,5,8H2,1H3,(H2,16,17)(H,18,19). The van der Waals surface area contributed by atoms with E-state index in [1.807, 2.05) is 24.3 Å². The summed E-state index contributed by atoms with van der Waals surface area (Å²) in [4.78, 5) is 15.8. The van der Waals surface area contributed by atoms with Crippen molar-refractivity contribution in [1.82, 2.24) is 10.3 Å². The zero-order valence-corrected chi connectivity index (χ0v) is 11.3. The Bertz CT molecular complexity index is 599. The maximum Gasteiger partial charge on any atom is 0.254 e. The largest absolute Gasteiger partial charge is 0.497 e. The zero-order valence-electron chi connectivity index (χ0n) is 11.3. The van der Waals surface area contributed by atoms with Crippen LogP contribution in [0, 0.1) is 0 Å². The number of ether oxygens (including phenoxy) is 1. The summed E-state index contributed by atoms with van der Waals surface area (Å²) in [5.74, 6) is 0.601. The number of carbonyl (C=O) groups excluding carboxylic acids is 1. The summed E-state index contributed by atoms with van der Waals surface area (Å²) in [5.41, 5.74) is 7.66. The van der Waals surface area contributed by atoms with E-state index in [4.69, 9.17) is 10.5 Å². The molecule has 0 bridgehead atoms. The first-order valence-electron chi connectivity index (χ1n) is 6.31. The van der Waals surface area contributed by atoms with Crippen LogP contribution in [0.4, 0.5) is 5.69 Å². The highest BCUT2D eigenvalue weighted by Gasteiger charge is 2.08. The van der Waals surface area contributed by atoms with Crippen LogP contribution in [-0.2, 0) is 6.42 Å². The Kier molecular flexibility index (Phi) is 4.55. The van der Waals surface area contributed by atoms with Crippen LogP contribution in [0.25, 0.3) is 0 Å². The van der Waals surface area contributed by atoms with Crippen molar-refractivity contribution in [3.05, 3.63) is 53.9 Å². The summed E-state index contributed by atoms with van der Waals surface area (Å²) < 4.78 is 5.16. The fourth-order valence-electron chi connectivity index (χ4n) is 1.84. The van der Waals surface area contributed by atoms with Crippen LogP contribution in [0.1, 0.15) is 15.9 Å². The van der Waals surface area contributed by atoms with Gasteiger partial charge in [-0.25, -0.2) is 0 Å². The third-order valence-corrected chi connectivity index (χ3v) is 2.93. The molecule has 0 spiro atoms. The first-order chi connectivity index (χ1) is 9.70. The quantitative estimate of drug-likeness (QED) is 0.866. The van der Waals surface area contributed by atoms with Crippen LogP contribution >= 0.6 is 0 Å². The normalized spacial score (nSPS) is 10.1. The SMILES string of the molecule is COc1cccc(CCNC(=O)c2cnccc2N)c1. The molecule has 0 saturated carbocycles. The lowest BCUT2D eigenvalue weighted by atomic mass is 10.1. The van der Waals surface area contributed by atoms with Gasteiger partial charge in [-0.15, -0.1) is 0 Å². The van der Waals surface area contributed by atoms with Crippen molar-refractivity contribution in [2.75, 3.05) is 19.4 Å². The number of rotatable bonds is 5. The molecule has 5 nitrogen and oxygen atoms in total. The molecule has 0 aliphatic heterocycles. The van der Waals surface area contributed by atoms with Crippen LogP contribution < -0.4 is 15.8 Å². The molecule has 1 amide bonds. The number of methoxy groups -OCH3 is 1. The van der Waals surface area contributed by atoms with Crippen LogP contribution in [0.2, 0.25) is 0 Å². The lowest BCUT2D eigenvalue weighted by Gasteiger charge is -2.08. The molecule has 3 N–H and O–H groups in total. The Balaban J connectivity index is 1.89.